The van der Waals surface area contributed by atoms with Gasteiger partial charge >= 0.3 is 0 Å². The van der Waals surface area contributed by atoms with Crippen LogP contribution in [-0.4, -0.2) is 22.1 Å². The Morgan fingerprint density at radius 1 is 1.09 bits per heavy atom. The maximum atomic E-state index is 13.8. The molecule has 4 nitrogen and oxygen atoms in total. The van der Waals surface area contributed by atoms with E-state index < -0.39 is 23.4 Å². The van der Waals surface area contributed by atoms with Gasteiger partial charge in [0, 0.05) is 18.1 Å². The number of carbonyl (C=O) groups is 2. The molecule has 2 amide bonds. The first kappa shape index (κ1) is 14.3. The molecule has 112 valence electrons. The van der Waals surface area contributed by atoms with Gasteiger partial charge in [-0.05, 0) is 28.8 Å². The van der Waals surface area contributed by atoms with Gasteiger partial charge in [-0.3, -0.25) is 14.8 Å². The molecule has 6 heteroatoms. The van der Waals surface area contributed by atoms with Crippen LogP contribution in [0.25, 0.3) is 0 Å². The molecule has 0 aliphatic carbocycles. The summed E-state index contributed by atoms with van der Waals surface area (Å²) in [6.07, 6.45) is -0.0160. The number of benzene rings is 2. The van der Waals surface area contributed by atoms with Crippen molar-refractivity contribution in [3.63, 3.8) is 0 Å². The Balaban J connectivity index is 2.03. The summed E-state index contributed by atoms with van der Waals surface area (Å²) >= 11 is 0. The lowest BCUT2D eigenvalue weighted by Crippen LogP contribution is -2.40. The van der Waals surface area contributed by atoms with Crippen LogP contribution in [0.3, 0.4) is 0 Å². The number of hydrogen-bond donors (Lipinski definition) is 1. The van der Waals surface area contributed by atoms with Gasteiger partial charge in [-0.15, -0.1) is 0 Å². The van der Waals surface area contributed by atoms with Crippen LogP contribution in [0, 0.1) is 11.6 Å². The van der Waals surface area contributed by atoms with Crippen molar-refractivity contribution in [2.75, 3.05) is 0 Å². The Labute approximate surface area is 124 Å². The molecule has 3 rings (SSSR count). The number of halogens is 2. The topological polar surface area (TPSA) is 57.6 Å². The number of hydroxylamine groups is 2. The van der Waals surface area contributed by atoms with Crippen molar-refractivity contribution in [3.8, 4) is 0 Å². The van der Waals surface area contributed by atoms with Crippen LogP contribution in [0.1, 0.15) is 27.0 Å². The second kappa shape index (κ2) is 5.31. The van der Waals surface area contributed by atoms with Gasteiger partial charge in [0.15, 0.2) is 0 Å². The minimum Gasteiger partial charge on any atom is -0.278 e. The van der Waals surface area contributed by atoms with Gasteiger partial charge in [-0.2, -0.15) is 5.06 Å². The summed E-state index contributed by atoms with van der Waals surface area (Å²) in [4.78, 5) is 23.5. The number of amides is 2. The third-order valence-electron chi connectivity index (χ3n) is 3.66. The van der Waals surface area contributed by atoms with Crippen molar-refractivity contribution in [2.24, 2.45) is 0 Å². The van der Waals surface area contributed by atoms with Crippen molar-refractivity contribution in [2.45, 2.75) is 12.8 Å². The highest BCUT2D eigenvalue weighted by atomic mass is 19.1. The molecule has 1 aliphatic rings. The van der Waals surface area contributed by atoms with Crippen molar-refractivity contribution < 1.29 is 23.6 Å². The molecule has 22 heavy (non-hydrogen) atoms. The average molecular weight is 303 g/mol. The molecule has 0 fully saturated rings. The highest BCUT2D eigenvalue weighted by Gasteiger charge is 2.31. The van der Waals surface area contributed by atoms with Gasteiger partial charge in [0.1, 0.15) is 11.6 Å². The van der Waals surface area contributed by atoms with E-state index in [2.05, 4.69) is 0 Å². The molecular formula is C16H11F2NO3. The van der Waals surface area contributed by atoms with Gasteiger partial charge in [0.05, 0.1) is 6.42 Å². The lowest BCUT2D eigenvalue weighted by atomic mass is 9.91. The summed E-state index contributed by atoms with van der Waals surface area (Å²) in [6, 6.07) is 8.04. The van der Waals surface area contributed by atoms with Crippen LogP contribution in [0.2, 0.25) is 0 Å². The largest absolute Gasteiger partial charge is 0.284 e. The molecule has 0 saturated heterocycles. The molecule has 0 aromatic heterocycles. The minimum absolute atomic E-state index is 0.0879. The first-order valence-electron chi connectivity index (χ1n) is 6.58. The molecule has 0 bridgehead atoms. The molecule has 1 N–H and O–H groups in total. The number of fused-ring (bicyclic) bond motifs is 1. The fourth-order valence-corrected chi connectivity index (χ4v) is 2.53. The van der Waals surface area contributed by atoms with Crippen LogP contribution in [0.4, 0.5) is 8.78 Å². The Hall–Kier alpha value is -2.60. The van der Waals surface area contributed by atoms with E-state index in [4.69, 9.17) is 0 Å². The van der Waals surface area contributed by atoms with Crippen molar-refractivity contribution in [3.05, 3.63) is 70.3 Å². The monoisotopic (exact) mass is 303 g/mol. The fraction of sp³-hybridized carbons (Fsp3) is 0.125. The lowest BCUT2D eigenvalue weighted by Gasteiger charge is -2.23. The second-order valence-electron chi connectivity index (χ2n) is 5.04. The van der Waals surface area contributed by atoms with Gasteiger partial charge in [0.2, 0.25) is 0 Å². The van der Waals surface area contributed by atoms with E-state index in [9.17, 15) is 23.6 Å². The average Bonchev–Trinajstić information content (AvgIpc) is 2.48. The minimum atomic E-state index is -0.798. The normalized spacial score (nSPS) is 14.2. The van der Waals surface area contributed by atoms with E-state index in [1.54, 1.807) is 12.1 Å². The van der Waals surface area contributed by atoms with Crippen molar-refractivity contribution >= 4 is 11.8 Å². The zero-order valence-electron chi connectivity index (χ0n) is 11.3. The molecule has 0 unspecified atom stereocenters. The van der Waals surface area contributed by atoms with E-state index >= 15 is 0 Å². The predicted molar refractivity (Wildman–Crippen MR) is 72.3 cm³/mol. The van der Waals surface area contributed by atoms with E-state index in [0.717, 1.165) is 12.1 Å². The van der Waals surface area contributed by atoms with E-state index in [1.807, 2.05) is 0 Å². The molecular weight excluding hydrogens is 292 g/mol. The second-order valence-corrected chi connectivity index (χ2v) is 5.04. The first-order valence-corrected chi connectivity index (χ1v) is 6.58. The molecule has 2 aromatic carbocycles. The number of carbonyl (C=O) groups excluding carboxylic acids is 2. The summed E-state index contributed by atoms with van der Waals surface area (Å²) in [6.45, 7) is 0. The zero-order valence-corrected chi connectivity index (χ0v) is 11.3. The molecule has 0 radical (unpaired) electrons. The Kier molecular flexibility index (Phi) is 3.46. The summed E-state index contributed by atoms with van der Waals surface area (Å²) in [5, 5.41) is 9.47. The zero-order chi connectivity index (χ0) is 15.9. The van der Waals surface area contributed by atoms with Crippen LogP contribution in [0.15, 0.2) is 36.4 Å². The smallest absolute Gasteiger partial charge is 0.278 e. The van der Waals surface area contributed by atoms with Crippen LogP contribution >= 0.6 is 0 Å². The van der Waals surface area contributed by atoms with Crippen LogP contribution < -0.4 is 0 Å². The van der Waals surface area contributed by atoms with Crippen LogP contribution in [-0.2, 0) is 17.6 Å². The standard InChI is InChI=1S/C16H11F2NO3/c17-11-5-4-10(14(18)7-11)6-9-2-1-3-12-13(9)8-15(20)19(22)16(12)21/h1-5,7,22H,6,8H2. The number of imide groups is 1. The summed E-state index contributed by atoms with van der Waals surface area (Å²) in [7, 11) is 0. The quantitative estimate of drug-likeness (QED) is 0.685. The SMILES string of the molecule is O=C1Cc2c(Cc3ccc(F)cc3F)cccc2C(=O)N1O. The Morgan fingerprint density at radius 2 is 1.86 bits per heavy atom. The van der Waals surface area contributed by atoms with E-state index in [1.165, 1.54) is 12.1 Å². The number of nitrogens with zero attached hydrogens (tertiary/aromatic N) is 1. The number of hydrogen-bond acceptors (Lipinski definition) is 3. The van der Waals surface area contributed by atoms with Crippen LogP contribution in [0.5, 0.6) is 0 Å². The maximum absolute atomic E-state index is 13.8. The highest BCUT2D eigenvalue weighted by Crippen LogP contribution is 2.25. The van der Waals surface area contributed by atoms with Gasteiger partial charge in [0.25, 0.3) is 11.8 Å². The third kappa shape index (κ3) is 2.37. The molecule has 1 heterocycles. The maximum Gasteiger partial charge on any atom is 0.284 e. The summed E-state index contributed by atoms with van der Waals surface area (Å²) in [5.41, 5.74) is 1.53. The number of rotatable bonds is 2. The molecule has 1 aliphatic heterocycles. The fourth-order valence-electron chi connectivity index (χ4n) is 2.53. The Bertz CT molecular complexity index is 789. The van der Waals surface area contributed by atoms with Gasteiger partial charge < -0.3 is 0 Å². The Morgan fingerprint density at radius 3 is 2.59 bits per heavy atom. The van der Waals surface area contributed by atoms with E-state index in [-0.39, 0.29) is 29.0 Å². The summed E-state index contributed by atoms with van der Waals surface area (Å²) in [5.74, 6) is -2.88. The summed E-state index contributed by atoms with van der Waals surface area (Å²) < 4.78 is 26.7. The highest BCUT2D eigenvalue weighted by molar-refractivity contribution is 6.08. The molecule has 0 saturated carbocycles. The third-order valence-corrected chi connectivity index (χ3v) is 3.66. The lowest BCUT2D eigenvalue weighted by molar-refractivity contribution is -0.154. The van der Waals surface area contributed by atoms with Gasteiger partial charge in [-0.1, -0.05) is 18.2 Å². The van der Waals surface area contributed by atoms with Crippen molar-refractivity contribution in [1.29, 1.82) is 0 Å². The van der Waals surface area contributed by atoms with Crippen molar-refractivity contribution in [1.82, 2.24) is 5.06 Å². The predicted octanol–water partition coefficient (Wildman–Crippen LogP) is 2.47. The van der Waals surface area contributed by atoms with E-state index in [0.29, 0.717) is 11.1 Å². The first-order chi connectivity index (χ1) is 10.5. The molecule has 0 spiro atoms. The van der Waals surface area contributed by atoms with Gasteiger partial charge in [-0.25, -0.2) is 8.78 Å². The molecule has 2 aromatic rings. The molecule has 0 atom stereocenters.